The summed E-state index contributed by atoms with van der Waals surface area (Å²) in [6.45, 7) is 5.12. The van der Waals surface area contributed by atoms with Crippen molar-refractivity contribution in [2.24, 2.45) is 5.41 Å². The Kier molecular flexibility index (Phi) is 3.28. The van der Waals surface area contributed by atoms with Gasteiger partial charge in [0.2, 0.25) is 0 Å². The maximum absolute atomic E-state index is 6.04. The molecule has 0 aliphatic heterocycles. The van der Waals surface area contributed by atoms with E-state index in [0.29, 0.717) is 5.41 Å². The highest BCUT2D eigenvalue weighted by Crippen LogP contribution is 2.50. The predicted molar refractivity (Wildman–Crippen MR) is 82.1 cm³/mol. The van der Waals surface area contributed by atoms with Gasteiger partial charge in [-0.2, -0.15) is 0 Å². The molecule has 1 aliphatic rings. The van der Waals surface area contributed by atoms with E-state index in [1.54, 1.807) is 0 Å². The van der Waals surface area contributed by atoms with Gasteiger partial charge in [-0.15, -0.1) is 5.10 Å². The molecule has 1 saturated carbocycles. The Bertz CT molecular complexity index is 645. The van der Waals surface area contributed by atoms with Gasteiger partial charge in [0.1, 0.15) is 0 Å². The summed E-state index contributed by atoms with van der Waals surface area (Å²) < 4.78 is 2.87. The number of nitrogens with zero attached hydrogens (tertiary/aromatic N) is 4. The lowest BCUT2D eigenvalue weighted by molar-refractivity contribution is 0.382. The molecule has 20 heavy (non-hydrogen) atoms. The first kappa shape index (κ1) is 13.5. The van der Waals surface area contributed by atoms with Gasteiger partial charge in [-0.3, -0.25) is 0 Å². The summed E-state index contributed by atoms with van der Waals surface area (Å²) >= 11 is 3.49. The lowest BCUT2D eigenvalue weighted by Crippen LogP contribution is -2.13. The summed E-state index contributed by atoms with van der Waals surface area (Å²) in [7, 11) is 0. The molecule has 2 N–H and O–H groups in total. The van der Waals surface area contributed by atoms with Crippen molar-refractivity contribution in [3.8, 4) is 11.4 Å². The Morgan fingerprint density at radius 2 is 2.15 bits per heavy atom. The van der Waals surface area contributed by atoms with E-state index in [4.69, 9.17) is 5.73 Å². The SMILES string of the molecule is CCC1(Cn2nnnc2-c2cc(Br)cc(N)c2C)CC1. The molecule has 1 heterocycles. The summed E-state index contributed by atoms with van der Waals surface area (Å²) in [5.41, 5.74) is 9.20. The number of benzene rings is 1. The standard InChI is InChI=1S/C14H18BrN5/c1-3-14(4-5-14)8-20-13(17-18-19-20)11-6-10(15)7-12(16)9(11)2/h6-7H,3-5,8,16H2,1-2H3. The highest BCUT2D eigenvalue weighted by molar-refractivity contribution is 9.10. The van der Waals surface area contributed by atoms with Gasteiger partial charge in [-0.25, -0.2) is 4.68 Å². The van der Waals surface area contributed by atoms with Crippen LogP contribution in [0.3, 0.4) is 0 Å². The van der Waals surface area contributed by atoms with Crippen molar-refractivity contribution >= 4 is 21.6 Å². The molecule has 1 aromatic heterocycles. The molecule has 1 fully saturated rings. The molecule has 0 unspecified atom stereocenters. The van der Waals surface area contributed by atoms with Gasteiger partial charge in [0, 0.05) is 15.7 Å². The Balaban J connectivity index is 2.01. The first-order valence-electron chi connectivity index (χ1n) is 6.87. The molecular weight excluding hydrogens is 318 g/mol. The molecule has 6 heteroatoms. The van der Waals surface area contributed by atoms with Crippen LogP contribution in [0.1, 0.15) is 31.7 Å². The molecule has 2 aromatic rings. The van der Waals surface area contributed by atoms with Crippen molar-refractivity contribution in [3.63, 3.8) is 0 Å². The van der Waals surface area contributed by atoms with E-state index in [-0.39, 0.29) is 0 Å². The van der Waals surface area contributed by atoms with Crippen molar-refractivity contribution in [2.45, 2.75) is 39.7 Å². The lowest BCUT2D eigenvalue weighted by Gasteiger charge is -2.14. The predicted octanol–water partition coefficient (Wildman–Crippen LogP) is 3.18. The second kappa shape index (κ2) is 4.84. The summed E-state index contributed by atoms with van der Waals surface area (Å²) in [6, 6.07) is 3.93. The van der Waals surface area contributed by atoms with Crippen molar-refractivity contribution < 1.29 is 0 Å². The van der Waals surface area contributed by atoms with E-state index in [0.717, 1.165) is 33.7 Å². The molecule has 5 nitrogen and oxygen atoms in total. The summed E-state index contributed by atoms with van der Waals surface area (Å²) in [5.74, 6) is 0.801. The zero-order valence-corrected chi connectivity index (χ0v) is 13.3. The third-order valence-electron chi connectivity index (χ3n) is 4.38. The van der Waals surface area contributed by atoms with Gasteiger partial charge >= 0.3 is 0 Å². The van der Waals surface area contributed by atoms with Crippen molar-refractivity contribution in [1.29, 1.82) is 0 Å². The molecule has 0 spiro atoms. The number of nitrogen functional groups attached to an aromatic ring is 1. The highest BCUT2D eigenvalue weighted by atomic mass is 79.9. The number of rotatable bonds is 4. The minimum Gasteiger partial charge on any atom is -0.398 e. The van der Waals surface area contributed by atoms with Crippen molar-refractivity contribution in [1.82, 2.24) is 20.2 Å². The van der Waals surface area contributed by atoms with E-state index in [1.165, 1.54) is 19.3 Å². The number of anilines is 1. The van der Waals surface area contributed by atoms with Crippen LogP contribution in [-0.2, 0) is 6.54 Å². The van der Waals surface area contributed by atoms with E-state index >= 15 is 0 Å². The van der Waals surface area contributed by atoms with Gasteiger partial charge in [0.25, 0.3) is 0 Å². The first-order valence-corrected chi connectivity index (χ1v) is 7.66. The second-order valence-corrected chi connectivity index (χ2v) is 6.60. The molecule has 3 rings (SSSR count). The van der Waals surface area contributed by atoms with Gasteiger partial charge in [0.05, 0.1) is 6.54 Å². The van der Waals surface area contributed by atoms with Crippen LogP contribution in [-0.4, -0.2) is 20.2 Å². The van der Waals surface area contributed by atoms with Crippen LogP contribution in [0.4, 0.5) is 5.69 Å². The van der Waals surface area contributed by atoms with E-state index in [2.05, 4.69) is 38.4 Å². The number of hydrogen-bond acceptors (Lipinski definition) is 4. The van der Waals surface area contributed by atoms with Crippen LogP contribution in [0.5, 0.6) is 0 Å². The van der Waals surface area contributed by atoms with Crippen LogP contribution >= 0.6 is 15.9 Å². The number of tetrazole rings is 1. The number of nitrogens with two attached hydrogens (primary N) is 1. The Labute approximate surface area is 126 Å². The monoisotopic (exact) mass is 335 g/mol. The normalized spacial score (nSPS) is 16.4. The Hall–Kier alpha value is -1.43. The molecule has 1 aromatic carbocycles. The third kappa shape index (κ3) is 2.32. The van der Waals surface area contributed by atoms with Crippen molar-refractivity contribution in [2.75, 3.05) is 5.73 Å². The third-order valence-corrected chi connectivity index (χ3v) is 4.84. The fourth-order valence-electron chi connectivity index (χ4n) is 2.55. The fraction of sp³-hybridized carbons (Fsp3) is 0.500. The lowest BCUT2D eigenvalue weighted by atomic mass is 10.0. The quantitative estimate of drug-likeness (QED) is 0.871. The maximum Gasteiger partial charge on any atom is 0.182 e. The molecule has 1 aliphatic carbocycles. The maximum atomic E-state index is 6.04. The fourth-order valence-corrected chi connectivity index (χ4v) is 3.03. The van der Waals surface area contributed by atoms with E-state index < -0.39 is 0 Å². The largest absolute Gasteiger partial charge is 0.398 e. The van der Waals surface area contributed by atoms with Crippen molar-refractivity contribution in [3.05, 3.63) is 22.2 Å². The molecule has 0 atom stereocenters. The summed E-state index contributed by atoms with van der Waals surface area (Å²) in [6.07, 6.45) is 3.71. The minimum atomic E-state index is 0.398. The second-order valence-electron chi connectivity index (χ2n) is 5.68. The van der Waals surface area contributed by atoms with Gasteiger partial charge in [-0.1, -0.05) is 22.9 Å². The smallest absolute Gasteiger partial charge is 0.182 e. The molecule has 106 valence electrons. The summed E-state index contributed by atoms with van der Waals surface area (Å²) in [5, 5.41) is 12.2. The Morgan fingerprint density at radius 3 is 2.80 bits per heavy atom. The van der Waals surface area contributed by atoms with E-state index in [9.17, 15) is 0 Å². The average molecular weight is 336 g/mol. The average Bonchev–Trinajstić information content (AvgIpc) is 3.04. The zero-order valence-electron chi connectivity index (χ0n) is 11.7. The van der Waals surface area contributed by atoms with Gasteiger partial charge < -0.3 is 5.73 Å². The van der Waals surface area contributed by atoms with Crippen LogP contribution < -0.4 is 5.73 Å². The molecule has 0 saturated heterocycles. The molecular formula is C14H18BrN5. The zero-order chi connectivity index (χ0) is 14.3. The van der Waals surface area contributed by atoms with Gasteiger partial charge in [0.15, 0.2) is 5.82 Å². The van der Waals surface area contributed by atoms with Crippen LogP contribution in [0.15, 0.2) is 16.6 Å². The highest BCUT2D eigenvalue weighted by Gasteiger charge is 2.41. The van der Waals surface area contributed by atoms with Crippen LogP contribution in [0.2, 0.25) is 0 Å². The first-order chi connectivity index (χ1) is 9.54. The van der Waals surface area contributed by atoms with Crippen LogP contribution in [0, 0.1) is 12.3 Å². The Morgan fingerprint density at radius 1 is 1.40 bits per heavy atom. The topological polar surface area (TPSA) is 69.6 Å². The number of halogens is 1. The molecule has 0 amide bonds. The van der Waals surface area contributed by atoms with Crippen LogP contribution in [0.25, 0.3) is 11.4 Å². The molecule has 0 radical (unpaired) electrons. The number of hydrogen-bond donors (Lipinski definition) is 1. The summed E-state index contributed by atoms with van der Waals surface area (Å²) in [4.78, 5) is 0. The minimum absolute atomic E-state index is 0.398. The van der Waals surface area contributed by atoms with E-state index in [1.807, 2.05) is 23.7 Å². The number of aromatic nitrogens is 4. The van der Waals surface area contributed by atoms with Gasteiger partial charge in [-0.05, 0) is 59.7 Å². The molecule has 0 bridgehead atoms.